The van der Waals surface area contributed by atoms with Crippen molar-refractivity contribution in [3.05, 3.63) is 0 Å². The van der Waals surface area contributed by atoms with Gasteiger partial charge in [0.05, 0.1) is 0 Å². The fourth-order valence-corrected chi connectivity index (χ4v) is 2.32. The summed E-state index contributed by atoms with van der Waals surface area (Å²) >= 11 is 0. The summed E-state index contributed by atoms with van der Waals surface area (Å²) in [6.45, 7) is 6.54. The maximum atomic E-state index is 12.1. The molecule has 1 fully saturated rings. The van der Waals surface area contributed by atoms with E-state index in [2.05, 4.69) is 19.2 Å². The molecule has 0 aromatic carbocycles. The normalized spacial score (nSPS) is 18.4. The van der Waals surface area contributed by atoms with Crippen LogP contribution in [0, 0.1) is 11.8 Å². The Morgan fingerprint density at radius 1 is 1.44 bits per heavy atom. The van der Waals surface area contributed by atoms with Crippen LogP contribution >= 0.6 is 0 Å². The Labute approximate surface area is 109 Å². The molecule has 0 aromatic rings. The highest BCUT2D eigenvalue weighted by molar-refractivity contribution is 5.80. The van der Waals surface area contributed by atoms with Crippen LogP contribution in [0.2, 0.25) is 0 Å². The van der Waals surface area contributed by atoms with Crippen molar-refractivity contribution < 1.29 is 9.59 Å². The number of nitrogens with one attached hydrogen (secondary N) is 1. The quantitative estimate of drug-likeness (QED) is 0.744. The zero-order valence-corrected chi connectivity index (χ0v) is 11.4. The Hall–Kier alpha value is -1.10. The standard InChI is InChI=1S/C13H25N3O2/c1-10(2)7-11(9-14)8-13(18)16-5-3-12(17)15-4-6-16/h10-11H,3-9,14H2,1-2H3,(H,15,17)/t11-/m0/s1. The molecule has 104 valence electrons. The maximum absolute atomic E-state index is 12.1. The lowest BCUT2D eigenvalue weighted by atomic mass is 9.94. The summed E-state index contributed by atoms with van der Waals surface area (Å²) in [7, 11) is 0. The lowest BCUT2D eigenvalue weighted by Gasteiger charge is -2.23. The molecular formula is C13H25N3O2. The van der Waals surface area contributed by atoms with E-state index in [0.717, 1.165) is 6.42 Å². The van der Waals surface area contributed by atoms with Gasteiger partial charge < -0.3 is 16.0 Å². The van der Waals surface area contributed by atoms with Gasteiger partial charge >= 0.3 is 0 Å². The van der Waals surface area contributed by atoms with Gasteiger partial charge in [-0.15, -0.1) is 0 Å². The summed E-state index contributed by atoms with van der Waals surface area (Å²) in [5.41, 5.74) is 5.71. The highest BCUT2D eigenvalue weighted by Crippen LogP contribution is 2.16. The van der Waals surface area contributed by atoms with Crippen molar-refractivity contribution in [3.63, 3.8) is 0 Å². The van der Waals surface area contributed by atoms with E-state index in [0.29, 0.717) is 44.9 Å². The van der Waals surface area contributed by atoms with Crippen LogP contribution in [0.4, 0.5) is 0 Å². The highest BCUT2D eigenvalue weighted by atomic mass is 16.2. The van der Waals surface area contributed by atoms with E-state index >= 15 is 0 Å². The van der Waals surface area contributed by atoms with E-state index in [9.17, 15) is 9.59 Å². The molecule has 1 aliphatic rings. The van der Waals surface area contributed by atoms with Gasteiger partial charge in [0, 0.05) is 32.5 Å². The third-order valence-corrected chi connectivity index (χ3v) is 3.27. The molecule has 0 saturated carbocycles. The van der Waals surface area contributed by atoms with Crippen LogP contribution in [0.5, 0.6) is 0 Å². The molecule has 1 heterocycles. The molecule has 5 nitrogen and oxygen atoms in total. The summed E-state index contributed by atoms with van der Waals surface area (Å²) in [6, 6.07) is 0. The predicted molar refractivity (Wildman–Crippen MR) is 70.8 cm³/mol. The summed E-state index contributed by atoms with van der Waals surface area (Å²) < 4.78 is 0. The fraction of sp³-hybridized carbons (Fsp3) is 0.846. The van der Waals surface area contributed by atoms with Crippen molar-refractivity contribution in [2.75, 3.05) is 26.2 Å². The van der Waals surface area contributed by atoms with Crippen molar-refractivity contribution in [1.82, 2.24) is 10.2 Å². The van der Waals surface area contributed by atoms with Gasteiger partial charge in [0.2, 0.25) is 11.8 Å². The van der Waals surface area contributed by atoms with Crippen molar-refractivity contribution in [2.45, 2.75) is 33.1 Å². The first-order chi connectivity index (χ1) is 8.52. The number of amides is 2. The zero-order valence-electron chi connectivity index (χ0n) is 11.4. The van der Waals surface area contributed by atoms with Gasteiger partial charge in [-0.2, -0.15) is 0 Å². The fourth-order valence-electron chi connectivity index (χ4n) is 2.32. The minimum atomic E-state index is 0.0304. The SMILES string of the molecule is CC(C)C[C@H](CN)CC(=O)N1CCNC(=O)CC1. The van der Waals surface area contributed by atoms with Crippen LogP contribution in [-0.2, 0) is 9.59 Å². The van der Waals surface area contributed by atoms with Crippen LogP contribution in [0.1, 0.15) is 33.1 Å². The molecule has 0 aliphatic carbocycles. The van der Waals surface area contributed by atoms with E-state index in [1.165, 1.54) is 0 Å². The van der Waals surface area contributed by atoms with Crippen molar-refractivity contribution in [3.8, 4) is 0 Å². The Morgan fingerprint density at radius 2 is 2.17 bits per heavy atom. The average Bonchev–Trinajstić information content (AvgIpc) is 2.52. The number of nitrogens with zero attached hydrogens (tertiary/aromatic N) is 1. The van der Waals surface area contributed by atoms with Crippen molar-refractivity contribution in [2.24, 2.45) is 17.6 Å². The topological polar surface area (TPSA) is 75.4 Å². The van der Waals surface area contributed by atoms with Crippen LogP contribution in [-0.4, -0.2) is 42.9 Å². The predicted octanol–water partition coefficient (Wildman–Crippen LogP) is 0.346. The van der Waals surface area contributed by atoms with E-state index < -0.39 is 0 Å². The molecule has 1 rings (SSSR count). The van der Waals surface area contributed by atoms with E-state index in [4.69, 9.17) is 5.73 Å². The smallest absolute Gasteiger partial charge is 0.222 e. The summed E-state index contributed by atoms with van der Waals surface area (Å²) in [5.74, 6) is 0.966. The molecule has 1 saturated heterocycles. The van der Waals surface area contributed by atoms with E-state index in [-0.39, 0.29) is 17.7 Å². The molecule has 5 heteroatoms. The summed E-state index contributed by atoms with van der Waals surface area (Å²) in [6.07, 6.45) is 1.89. The number of nitrogens with two attached hydrogens (primary N) is 1. The summed E-state index contributed by atoms with van der Waals surface area (Å²) in [5, 5.41) is 2.77. The van der Waals surface area contributed by atoms with Gasteiger partial charge in [-0.1, -0.05) is 13.8 Å². The van der Waals surface area contributed by atoms with E-state index in [1.54, 1.807) is 4.90 Å². The second kappa shape index (κ2) is 7.36. The van der Waals surface area contributed by atoms with Crippen LogP contribution in [0.3, 0.4) is 0 Å². The zero-order chi connectivity index (χ0) is 13.5. The molecule has 0 bridgehead atoms. The minimum absolute atomic E-state index is 0.0304. The number of hydrogen-bond acceptors (Lipinski definition) is 3. The third-order valence-electron chi connectivity index (χ3n) is 3.27. The first kappa shape index (κ1) is 15.0. The molecule has 0 spiro atoms. The Kier molecular flexibility index (Phi) is 6.12. The average molecular weight is 255 g/mol. The summed E-state index contributed by atoms with van der Waals surface area (Å²) in [4.78, 5) is 25.1. The lowest BCUT2D eigenvalue weighted by Crippen LogP contribution is -2.36. The number of carbonyl (C=O) groups is 2. The maximum Gasteiger partial charge on any atom is 0.222 e. The first-order valence-electron chi connectivity index (χ1n) is 6.77. The molecule has 0 aromatic heterocycles. The second-order valence-electron chi connectivity index (χ2n) is 5.42. The molecule has 18 heavy (non-hydrogen) atoms. The largest absolute Gasteiger partial charge is 0.354 e. The molecule has 3 N–H and O–H groups in total. The number of carbonyl (C=O) groups excluding carboxylic acids is 2. The minimum Gasteiger partial charge on any atom is -0.354 e. The van der Waals surface area contributed by atoms with Gasteiger partial charge in [-0.05, 0) is 24.8 Å². The Balaban J connectivity index is 2.45. The van der Waals surface area contributed by atoms with Crippen molar-refractivity contribution in [1.29, 1.82) is 0 Å². The molecule has 2 amide bonds. The molecule has 1 atom stereocenters. The van der Waals surface area contributed by atoms with Gasteiger partial charge in [-0.25, -0.2) is 0 Å². The monoisotopic (exact) mass is 255 g/mol. The Morgan fingerprint density at radius 3 is 2.78 bits per heavy atom. The van der Waals surface area contributed by atoms with Crippen LogP contribution < -0.4 is 11.1 Å². The molecular weight excluding hydrogens is 230 g/mol. The molecule has 0 unspecified atom stereocenters. The second-order valence-corrected chi connectivity index (χ2v) is 5.42. The molecule has 0 radical (unpaired) electrons. The highest BCUT2D eigenvalue weighted by Gasteiger charge is 2.21. The molecule has 1 aliphatic heterocycles. The van der Waals surface area contributed by atoms with Crippen molar-refractivity contribution >= 4 is 11.8 Å². The van der Waals surface area contributed by atoms with Gasteiger partial charge in [0.25, 0.3) is 0 Å². The van der Waals surface area contributed by atoms with Crippen LogP contribution in [0.25, 0.3) is 0 Å². The van der Waals surface area contributed by atoms with E-state index in [1.807, 2.05) is 0 Å². The Bertz CT molecular complexity index is 292. The lowest BCUT2D eigenvalue weighted by molar-refractivity contribution is -0.132. The van der Waals surface area contributed by atoms with Gasteiger partial charge in [-0.3, -0.25) is 9.59 Å². The van der Waals surface area contributed by atoms with Gasteiger partial charge in [0.1, 0.15) is 0 Å². The third kappa shape index (κ3) is 5.04. The first-order valence-corrected chi connectivity index (χ1v) is 6.77. The van der Waals surface area contributed by atoms with Gasteiger partial charge in [0.15, 0.2) is 0 Å². The van der Waals surface area contributed by atoms with Crippen LogP contribution in [0.15, 0.2) is 0 Å². The number of rotatable bonds is 5. The number of hydrogen-bond donors (Lipinski definition) is 2.